The molecule has 0 aromatic heterocycles. The van der Waals surface area contributed by atoms with Crippen LogP contribution in [0.1, 0.15) is 0 Å². The number of amides is 1. The summed E-state index contributed by atoms with van der Waals surface area (Å²) in [6.07, 6.45) is 0. The van der Waals surface area contributed by atoms with Crippen molar-refractivity contribution in [2.24, 2.45) is 4.99 Å². The number of carbonyl (C=O) groups is 1. The third-order valence-corrected chi connectivity index (χ3v) is 5.72. The Hall–Kier alpha value is -2.32. The molecule has 0 atom stereocenters. The zero-order chi connectivity index (χ0) is 17.6. The lowest BCUT2D eigenvalue weighted by atomic mass is 10.1. The van der Waals surface area contributed by atoms with Gasteiger partial charge in [0.25, 0.3) is 5.69 Å². The van der Waals surface area contributed by atoms with Gasteiger partial charge in [0.15, 0.2) is 0 Å². The maximum absolute atomic E-state index is 12.0. The molecule has 2 aromatic rings. The molecule has 0 fully saturated rings. The number of nitrogens with one attached hydrogen (secondary N) is 1. The number of nitrogens with zero attached hydrogens (tertiary/aromatic N) is 2. The Bertz CT molecular complexity index is 805. The summed E-state index contributed by atoms with van der Waals surface area (Å²) in [6.45, 7) is 0.832. The SMILES string of the molecule is O=C(CSC1=NCCS1)Nc1ccc(-c2ccc([N+](=O)[O-])cc2)cc1. The minimum Gasteiger partial charge on any atom is -0.325 e. The molecule has 1 aliphatic heterocycles. The number of aliphatic imine (C=N–C) groups is 1. The highest BCUT2D eigenvalue weighted by Crippen LogP contribution is 2.25. The van der Waals surface area contributed by atoms with E-state index in [0.717, 1.165) is 33.5 Å². The van der Waals surface area contributed by atoms with Gasteiger partial charge in [-0.3, -0.25) is 19.9 Å². The van der Waals surface area contributed by atoms with Crippen LogP contribution >= 0.6 is 23.5 Å². The van der Waals surface area contributed by atoms with E-state index in [-0.39, 0.29) is 11.6 Å². The molecule has 1 N–H and O–H groups in total. The molecule has 25 heavy (non-hydrogen) atoms. The van der Waals surface area contributed by atoms with E-state index in [1.807, 2.05) is 24.3 Å². The van der Waals surface area contributed by atoms with E-state index in [0.29, 0.717) is 5.75 Å². The third kappa shape index (κ3) is 4.83. The van der Waals surface area contributed by atoms with E-state index >= 15 is 0 Å². The van der Waals surface area contributed by atoms with Crippen molar-refractivity contribution in [2.45, 2.75) is 0 Å². The third-order valence-electron chi connectivity index (χ3n) is 3.46. The van der Waals surface area contributed by atoms with Gasteiger partial charge in [0.05, 0.1) is 17.2 Å². The largest absolute Gasteiger partial charge is 0.325 e. The van der Waals surface area contributed by atoms with Crippen molar-refractivity contribution in [3.8, 4) is 11.1 Å². The molecule has 1 aliphatic rings. The summed E-state index contributed by atoms with van der Waals surface area (Å²) in [7, 11) is 0. The first-order valence-corrected chi connectivity index (χ1v) is 9.54. The first-order valence-electron chi connectivity index (χ1n) is 7.56. The smallest absolute Gasteiger partial charge is 0.269 e. The monoisotopic (exact) mass is 373 g/mol. The van der Waals surface area contributed by atoms with Crippen LogP contribution in [0.3, 0.4) is 0 Å². The molecule has 0 aliphatic carbocycles. The van der Waals surface area contributed by atoms with Gasteiger partial charge in [0.2, 0.25) is 5.91 Å². The maximum atomic E-state index is 12.0. The zero-order valence-corrected chi connectivity index (χ0v) is 14.8. The van der Waals surface area contributed by atoms with E-state index in [4.69, 9.17) is 0 Å². The normalized spacial score (nSPS) is 13.4. The number of hydrogen-bond donors (Lipinski definition) is 1. The van der Waals surface area contributed by atoms with Crippen LogP contribution in [-0.2, 0) is 4.79 Å². The molecule has 8 heteroatoms. The standard InChI is InChI=1S/C17H15N3O3S2/c21-16(11-25-17-18-9-10-24-17)19-14-5-1-12(2-6-14)13-3-7-15(8-4-13)20(22)23/h1-8H,9-11H2,(H,19,21). The van der Waals surface area contributed by atoms with Gasteiger partial charge < -0.3 is 5.32 Å². The fourth-order valence-corrected chi connectivity index (χ4v) is 4.06. The predicted octanol–water partition coefficient (Wildman–Crippen LogP) is 4.04. The van der Waals surface area contributed by atoms with Gasteiger partial charge in [-0.2, -0.15) is 0 Å². The Labute approximate surface area is 153 Å². The van der Waals surface area contributed by atoms with Crippen molar-refractivity contribution in [2.75, 3.05) is 23.4 Å². The van der Waals surface area contributed by atoms with Crippen molar-refractivity contribution in [3.63, 3.8) is 0 Å². The van der Waals surface area contributed by atoms with E-state index in [2.05, 4.69) is 10.3 Å². The molecule has 128 valence electrons. The fraction of sp³-hybridized carbons (Fsp3) is 0.176. The maximum Gasteiger partial charge on any atom is 0.269 e. The van der Waals surface area contributed by atoms with E-state index in [9.17, 15) is 14.9 Å². The van der Waals surface area contributed by atoms with Crippen molar-refractivity contribution >= 4 is 45.2 Å². The number of nitro benzene ring substituents is 1. The van der Waals surface area contributed by atoms with E-state index < -0.39 is 4.92 Å². The number of hydrogen-bond acceptors (Lipinski definition) is 6. The fourth-order valence-electron chi connectivity index (χ4n) is 2.25. The average Bonchev–Trinajstić information content (AvgIpc) is 3.14. The second-order valence-corrected chi connectivity index (χ2v) is 7.52. The molecule has 1 amide bonds. The number of non-ortho nitro benzene ring substituents is 1. The highest BCUT2D eigenvalue weighted by molar-refractivity contribution is 8.39. The summed E-state index contributed by atoms with van der Waals surface area (Å²) in [5.74, 6) is 1.27. The van der Waals surface area contributed by atoms with Crippen LogP contribution in [0.4, 0.5) is 11.4 Å². The Morgan fingerprint density at radius 2 is 1.80 bits per heavy atom. The number of nitro groups is 1. The quantitative estimate of drug-likeness (QED) is 0.632. The van der Waals surface area contributed by atoms with Crippen molar-refractivity contribution in [3.05, 3.63) is 58.6 Å². The van der Waals surface area contributed by atoms with Gasteiger partial charge in [-0.1, -0.05) is 35.7 Å². The summed E-state index contributed by atoms with van der Waals surface area (Å²) in [5, 5.41) is 13.5. The van der Waals surface area contributed by atoms with Crippen molar-refractivity contribution in [1.29, 1.82) is 0 Å². The highest BCUT2D eigenvalue weighted by atomic mass is 32.2. The molecule has 0 spiro atoms. The van der Waals surface area contributed by atoms with Crippen LogP contribution < -0.4 is 5.32 Å². The lowest BCUT2D eigenvalue weighted by Crippen LogP contribution is -2.14. The van der Waals surface area contributed by atoms with Crippen molar-refractivity contribution in [1.82, 2.24) is 0 Å². The minimum atomic E-state index is -0.421. The van der Waals surface area contributed by atoms with Crippen molar-refractivity contribution < 1.29 is 9.72 Å². The summed E-state index contributed by atoms with van der Waals surface area (Å²) in [4.78, 5) is 26.5. The van der Waals surface area contributed by atoms with Crippen LogP contribution in [0, 0.1) is 10.1 Å². The number of benzene rings is 2. The van der Waals surface area contributed by atoms with Gasteiger partial charge in [0, 0.05) is 23.6 Å². The number of rotatable bonds is 5. The zero-order valence-electron chi connectivity index (χ0n) is 13.2. The molecule has 3 rings (SSSR count). The molecule has 0 saturated heterocycles. The number of carbonyl (C=O) groups excluding carboxylic acids is 1. The van der Waals surface area contributed by atoms with E-state index in [1.165, 1.54) is 23.9 Å². The Morgan fingerprint density at radius 1 is 1.16 bits per heavy atom. The van der Waals surface area contributed by atoms with Crippen LogP contribution in [0.15, 0.2) is 53.5 Å². The Kier molecular flexibility index (Phi) is 5.72. The molecular formula is C17H15N3O3S2. The average molecular weight is 373 g/mol. The molecule has 1 heterocycles. The second kappa shape index (κ2) is 8.17. The lowest BCUT2D eigenvalue weighted by molar-refractivity contribution is -0.384. The van der Waals surface area contributed by atoms with Gasteiger partial charge in [-0.15, -0.1) is 0 Å². The molecular weight excluding hydrogens is 358 g/mol. The molecule has 6 nitrogen and oxygen atoms in total. The molecule has 0 radical (unpaired) electrons. The Morgan fingerprint density at radius 3 is 2.36 bits per heavy atom. The number of thioether (sulfide) groups is 2. The van der Waals surface area contributed by atoms with Crippen LogP contribution in [0.5, 0.6) is 0 Å². The highest BCUT2D eigenvalue weighted by Gasteiger charge is 2.11. The van der Waals surface area contributed by atoms with Crippen LogP contribution in [0.2, 0.25) is 0 Å². The first-order chi connectivity index (χ1) is 12.1. The number of anilines is 1. The summed E-state index contributed by atoms with van der Waals surface area (Å²) < 4.78 is 0.976. The topological polar surface area (TPSA) is 84.6 Å². The molecule has 0 unspecified atom stereocenters. The minimum absolute atomic E-state index is 0.0650. The van der Waals surface area contributed by atoms with Gasteiger partial charge in [-0.25, -0.2) is 0 Å². The predicted molar refractivity (Wildman–Crippen MR) is 104 cm³/mol. The van der Waals surface area contributed by atoms with Crippen LogP contribution in [-0.4, -0.2) is 33.3 Å². The Balaban J connectivity index is 1.57. The molecule has 0 bridgehead atoms. The molecule has 2 aromatic carbocycles. The summed E-state index contributed by atoms with van der Waals surface area (Å²) >= 11 is 3.14. The summed E-state index contributed by atoms with van der Waals surface area (Å²) in [6, 6.07) is 13.8. The first kappa shape index (κ1) is 17.5. The lowest BCUT2D eigenvalue weighted by Gasteiger charge is -2.07. The van der Waals surface area contributed by atoms with Gasteiger partial charge in [0.1, 0.15) is 4.38 Å². The molecule has 0 saturated carbocycles. The second-order valence-electron chi connectivity index (χ2n) is 5.21. The van der Waals surface area contributed by atoms with Gasteiger partial charge in [-0.05, 0) is 35.4 Å². The van der Waals surface area contributed by atoms with Crippen LogP contribution in [0.25, 0.3) is 11.1 Å². The van der Waals surface area contributed by atoms with Gasteiger partial charge >= 0.3 is 0 Å². The summed E-state index contributed by atoms with van der Waals surface area (Å²) in [5.41, 5.74) is 2.60. The van der Waals surface area contributed by atoms with E-state index in [1.54, 1.807) is 23.9 Å².